The maximum Gasteiger partial charge on any atom is 0.122 e. The second-order valence-corrected chi connectivity index (χ2v) is 3.64. The zero-order chi connectivity index (χ0) is 12.7. The van der Waals surface area contributed by atoms with E-state index in [2.05, 4.69) is 21.9 Å². The van der Waals surface area contributed by atoms with Gasteiger partial charge in [0.25, 0.3) is 0 Å². The first-order valence-electron chi connectivity index (χ1n) is 5.34. The zero-order valence-corrected chi connectivity index (χ0v) is 10.3. The van der Waals surface area contributed by atoms with Crippen LogP contribution in [0, 0.1) is 25.7 Å². The van der Waals surface area contributed by atoms with Gasteiger partial charge >= 0.3 is 0 Å². The van der Waals surface area contributed by atoms with Gasteiger partial charge in [0.2, 0.25) is 0 Å². The van der Waals surface area contributed by atoms with Crippen LogP contribution >= 0.6 is 0 Å². The van der Waals surface area contributed by atoms with Crippen molar-refractivity contribution in [1.29, 1.82) is 0 Å². The highest BCUT2D eigenvalue weighted by molar-refractivity contribution is 5.48. The number of hydrogen-bond acceptors (Lipinski definition) is 2. The third-order valence-corrected chi connectivity index (χ3v) is 2.36. The molecule has 0 aromatic heterocycles. The average Bonchev–Trinajstić information content (AvgIpc) is 2.32. The van der Waals surface area contributed by atoms with Gasteiger partial charge in [-0.15, -0.1) is 0 Å². The van der Waals surface area contributed by atoms with E-state index in [1.54, 1.807) is 7.11 Å². The van der Waals surface area contributed by atoms with Crippen molar-refractivity contribution in [2.75, 3.05) is 13.7 Å². The molecule has 4 nitrogen and oxygen atoms in total. The Bertz CT molecular complexity index is 505. The third kappa shape index (κ3) is 3.75. The molecular formula is C13H15N3O. The van der Waals surface area contributed by atoms with E-state index < -0.39 is 0 Å². The molecule has 0 amide bonds. The maximum atomic E-state index is 8.12. The second-order valence-electron chi connectivity index (χ2n) is 3.64. The zero-order valence-electron chi connectivity index (χ0n) is 10.3. The van der Waals surface area contributed by atoms with Crippen LogP contribution in [0.15, 0.2) is 17.2 Å². The largest absolute Gasteiger partial charge is 0.496 e. The van der Waals surface area contributed by atoms with E-state index in [1.807, 2.05) is 26.0 Å². The molecule has 0 spiro atoms. The van der Waals surface area contributed by atoms with Gasteiger partial charge in [0.05, 0.1) is 7.11 Å². The summed E-state index contributed by atoms with van der Waals surface area (Å²) in [6.45, 7) is 4.40. The van der Waals surface area contributed by atoms with Gasteiger partial charge in [-0.05, 0) is 42.6 Å². The average molecular weight is 229 g/mol. The number of benzene rings is 1. The monoisotopic (exact) mass is 229 g/mol. The minimum atomic E-state index is 0.414. The van der Waals surface area contributed by atoms with Crippen molar-refractivity contribution in [1.82, 2.24) is 0 Å². The molecule has 0 aliphatic rings. The van der Waals surface area contributed by atoms with Crippen molar-refractivity contribution in [2.24, 2.45) is 5.11 Å². The number of azide groups is 1. The Morgan fingerprint density at radius 3 is 2.76 bits per heavy atom. The number of rotatable bonds is 3. The summed E-state index contributed by atoms with van der Waals surface area (Å²) in [5.41, 5.74) is 11.3. The lowest BCUT2D eigenvalue weighted by Crippen LogP contribution is -1.91. The fourth-order valence-corrected chi connectivity index (χ4v) is 1.45. The predicted octanol–water partition coefficient (Wildman–Crippen LogP) is 3.36. The normalized spacial score (nSPS) is 8.88. The van der Waals surface area contributed by atoms with Crippen molar-refractivity contribution in [3.05, 3.63) is 39.3 Å². The Balaban J connectivity index is 2.84. The number of methoxy groups -OCH3 is 1. The smallest absolute Gasteiger partial charge is 0.122 e. The molecule has 17 heavy (non-hydrogen) atoms. The SMILES string of the molecule is COc1cc(C)c(C#CCCN=[N+]=[N-])cc1C. The van der Waals surface area contributed by atoms with Gasteiger partial charge in [0.15, 0.2) is 0 Å². The van der Waals surface area contributed by atoms with Crippen LogP contribution in [0.1, 0.15) is 23.1 Å². The summed E-state index contributed by atoms with van der Waals surface area (Å²) in [6.07, 6.45) is 0.578. The quantitative estimate of drug-likeness (QED) is 0.258. The minimum Gasteiger partial charge on any atom is -0.496 e. The molecule has 0 saturated heterocycles. The van der Waals surface area contributed by atoms with Crippen LogP contribution in [0.25, 0.3) is 10.4 Å². The number of nitrogens with zero attached hydrogens (tertiary/aromatic N) is 3. The summed E-state index contributed by atoms with van der Waals surface area (Å²) < 4.78 is 5.24. The number of aryl methyl sites for hydroxylation is 2. The van der Waals surface area contributed by atoms with E-state index >= 15 is 0 Å². The van der Waals surface area contributed by atoms with E-state index in [1.165, 1.54) is 0 Å². The lowest BCUT2D eigenvalue weighted by atomic mass is 10.0. The molecule has 1 aromatic carbocycles. The van der Waals surface area contributed by atoms with Crippen molar-refractivity contribution in [3.8, 4) is 17.6 Å². The lowest BCUT2D eigenvalue weighted by molar-refractivity contribution is 0.411. The van der Waals surface area contributed by atoms with Gasteiger partial charge in [0, 0.05) is 23.4 Å². The summed E-state index contributed by atoms with van der Waals surface area (Å²) in [6, 6.07) is 3.99. The highest BCUT2D eigenvalue weighted by Crippen LogP contribution is 2.21. The molecule has 0 N–H and O–H groups in total. The van der Waals surface area contributed by atoms with Crippen LogP contribution in [0.3, 0.4) is 0 Å². The first kappa shape index (κ1) is 13.0. The Hall–Kier alpha value is -2.11. The molecule has 1 rings (SSSR count). The Morgan fingerprint density at radius 2 is 2.12 bits per heavy atom. The number of ether oxygens (including phenoxy) is 1. The van der Waals surface area contributed by atoms with Crippen molar-refractivity contribution < 1.29 is 4.74 Å². The van der Waals surface area contributed by atoms with E-state index in [4.69, 9.17) is 10.3 Å². The third-order valence-electron chi connectivity index (χ3n) is 2.36. The first-order valence-corrected chi connectivity index (χ1v) is 5.34. The second kappa shape index (κ2) is 6.47. The Labute approximate surface area is 101 Å². The van der Waals surface area contributed by atoms with Gasteiger partial charge in [-0.1, -0.05) is 17.0 Å². The molecular weight excluding hydrogens is 214 g/mol. The lowest BCUT2D eigenvalue weighted by Gasteiger charge is -2.07. The van der Waals surface area contributed by atoms with Gasteiger partial charge in [-0.25, -0.2) is 0 Å². The molecule has 0 radical (unpaired) electrons. The molecule has 1 aromatic rings. The summed E-state index contributed by atoms with van der Waals surface area (Å²) in [7, 11) is 1.66. The predicted molar refractivity (Wildman–Crippen MR) is 68.0 cm³/mol. The van der Waals surface area contributed by atoms with E-state index in [-0.39, 0.29) is 0 Å². The van der Waals surface area contributed by atoms with Crippen LogP contribution < -0.4 is 4.74 Å². The van der Waals surface area contributed by atoms with E-state index in [9.17, 15) is 0 Å². The summed E-state index contributed by atoms with van der Waals surface area (Å²) in [5, 5.41) is 3.43. The molecule has 0 atom stereocenters. The molecule has 0 unspecified atom stereocenters. The highest BCUT2D eigenvalue weighted by atomic mass is 16.5. The van der Waals surface area contributed by atoms with Crippen LogP contribution in [0.2, 0.25) is 0 Å². The summed E-state index contributed by atoms with van der Waals surface area (Å²) >= 11 is 0. The number of hydrogen-bond donors (Lipinski definition) is 0. The summed E-state index contributed by atoms with van der Waals surface area (Å²) in [5.74, 6) is 6.94. The van der Waals surface area contributed by atoms with Crippen molar-refractivity contribution in [3.63, 3.8) is 0 Å². The topological polar surface area (TPSA) is 58.0 Å². The van der Waals surface area contributed by atoms with Crippen LogP contribution in [-0.2, 0) is 0 Å². The Morgan fingerprint density at radius 1 is 1.35 bits per heavy atom. The molecule has 0 heterocycles. The van der Waals surface area contributed by atoms with Gasteiger partial charge in [0.1, 0.15) is 5.75 Å². The van der Waals surface area contributed by atoms with Crippen molar-refractivity contribution >= 4 is 0 Å². The molecule has 0 saturated carbocycles. The van der Waals surface area contributed by atoms with E-state index in [0.29, 0.717) is 13.0 Å². The Kier molecular flexibility index (Phi) is 4.93. The molecule has 0 fully saturated rings. The first-order chi connectivity index (χ1) is 8.19. The maximum absolute atomic E-state index is 8.12. The molecule has 4 heteroatoms. The molecule has 0 bridgehead atoms. The summed E-state index contributed by atoms with van der Waals surface area (Å²) in [4.78, 5) is 2.68. The molecule has 88 valence electrons. The minimum absolute atomic E-state index is 0.414. The van der Waals surface area contributed by atoms with Gasteiger partial charge in [-0.2, -0.15) is 0 Å². The van der Waals surface area contributed by atoms with E-state index in [0.717, 1.165) is 22.4 Å². The fourth-order valence-electron chi connectivity index (χ4n) is 1.45. The van der Waals surface area contributed by atoms with Gasteiger partial charge in [-0.3, -0.25) is 0 Å². The molecule has 0 aliphatic heterocycles. The highest BCUT2D eigenvalue weighted by Gasteiger charge is 2.02. The van der Waals surface area contributed by atoms with Crippen LogP contribution in [0.5, 0.6) is 5.75 Å². The van der Waals surface area contributed by atoms with Crippen LogP contribution in [-0.4, -0.2) is 13.7 Å². The van der Waals surface area contributed by atoms with Gasteiger partial charge < -0.3 is 4.74 Å². The molecule has 0 aliphatic carbocycles. The van der Waals surface area contributed by atoms with Crippen molar-refractivity contribution in [2.45, 2.75) is 20.3 Å². The standard InChI is InChI=1S/C13H15N3O/c1-10-9-13(17-3)11(2)8-12(10)6-4-5-7-15-16-14/h8-9H,5,7H2,1-3H3. The fraction of sp³-hybridized carbons (Fsp3) is 0.385. The van der Waals surface area contributed by atoms with Crippen LogP contribution in [0.4, 0.5) is 0 Å².